The number of esters is 1. The number of carbonyl (C=O) groups excluding carboxylic acids is 3. The minimum atomic E-state index is -1.42. The first-order valence-corrected chi connectivity index (χ1v) is 12.2. The van der Waals surface area contributed by atoms with Gasteiger partial charge in [0.05, 0.1) is 12.2 Å². The molecule has 36 heavy (non-hydrogen) atoms. The van der Waals surface area contributed by atoms with E-state index in [1.54, 1.807) is 37.3 Å². The smallest absolute Gasteiger partial charge is 0.331 e. The fourth-order valence-electron chi connectivity index (χ4n) is 3.96. The van der Waals surface area contributed by atoms with Crippen molar-refractivity contribution in [2.24, 2.45) is 0 Å². The molecule has 0 radical (unpaired) electrons. The number of nitrogens with one attached hydrogen (secondary N) is 1. The maximum absolute atomic E-state index is 12.5. The molecular weight excluding hydrogens is 458 g/mol. The molecule has 0 aromatic carbocycles. The monoisotopic (exact) mass is 495 g/mol. The second-order valence-corrected chi connectivity index (χ2v) is 9.14. The number of carbonyl (C=O) groups is 3. The molecular formula is C29H37NO6. The van der Waals surface area contributed by atoms with Crippen molar-refractivity contribution < 1.29 is 29.0 Å². The molecule has 194 valence electrons. The van der Waals surface area contributed by atoms with Crippen LogP contribution >= 0.6 is 0 Å². The van der Waals surface area contributed by atoms with E-state index < -0.39 is 24.2 Å². The van der Waals surface area contributed by atoms with Crippen molar-refractivity contribution in [1.82, 2.24) is 5.32 Å². The number of amides is 1. The Bertz CT molecular complexity index is 997. The van der Waals surface area contributed by atoms with Crippen molar-refractivity contribution in [2.75, 3.05) is 0 Å². The summed E-state index contributed by atoms with van der Waals surface area (Å²) < 4.78 is 11.7. The maximum atomic E-state index is 12.5. The molecule has 0 saturated carbocycles. The van der Waals surface area contributed by atoms with Gasteiger partial charge in [-0.15, -0.1) is 0 Å². The lowest BCUT2D eigenvalue weighted by Crippen LogP contribution is -2.44. The average Bonchev–Trinajstić information content (AvgIpc) is 2.77. The molecule has 1 amide bonds. The van der Waals surface area contributed by atoms with Crippen LogP contribution < -0.4 is 5.32 Å². The van der Waals surface area contributed by atoms with Crippen molar-refractivity contribution in [3.05, 3.63) is 84.1 Å². The van der Waals surface area contributed by atoms with E-state index in [9.17, 15) is 19.5 Å². The van der Waals surface area contributed by atoms with E-state index in [1.807, 2.05) is 26.0 Å². The lowest BCUT2D eigenvalue weighted by molar-refractivity contribution is -0.151. The van der Waals surface area contributed by atoms with Crippen LogP contribution in [0.5, 0.6) is 0 Å². The molecule has 0 unspecified atom stereocenters. The van der Waals surface area contributed by atoms with E-state index in [-0.39, 0.29) is 30.8 Å². The molecule has 2 aliphatic heterocycles. The standard InChI is InChI=1S/C29H37NO6/c1-5-6-7-13-27(32)30-29(34)26-19-22(4)18-25-17-21(3)16-24(35-25)12-9-11-23(31)15-20(2)10-8-14-28(33)36-26/h5-11,13-14,18,24-26,29,34H,3,12,15-17,19H2,1-2,4H3,(H,30,32)/b6-5-,11-9+,13-7+,14-8+,20-10-,22-18+/t24-,25-,26-,29-/m0/s1. The van der Waals surface area contributed by atoms with Gasteiger partial charge in [-0.05, 0) is 46.1 Å². The third kappa shape index (κ3) is 11.0. The van der Waals surface area contributed by atoms with Crippen molar-refractivity contribution in [1.29, 1.82) is 0 Å². The van der Waals surface area contributed by atoms with Gasteiger partial charge in [-0.25, -0.2) is 4.79 Å². The Morgan fingerprint density at radius 1 is 1.17 bits per heavy atom. The van der Waals surface area contributed by atoms with Gasteiger partial charge < -0.3 is 19.9 Å². The number of rotatable bonds is 4. The van der Waals surface area contributed by atoms with Crippen molar-refractivity contribution in [3.8, 4) is 0 Å². The maximum Gasteiger partial charge on any atom is 0.331 e. The minimum absolute atomic E-state index is 0.0369. The van der Waals surface area contributed by atoms with Crippen LogP contribution in [0.25, 0.3) is 0 Å². The summed E-state index contributed by atoms with van der Waals surface area (Å²) in [5.41, 5.74) is 2.67. The van der Waals surface area contributed by atoms with Gasteiger partial charge in [0.25, 0.3) is 0 Å². The Labute approximate surface area is 213 Å². The number of fused-ring (bicyclic) bond motifs is 2. The van der Waals surface area contributed by atoms with Crippen LogP contribution in [0, 0.1) is 0 Å². The minimum Gasteiger partial charge on any atom is -0.454 e. The first-order chi connectivity index (χ1) is 17.2. The molecule has 2 heterocycles. The molecule has 4 atom stereocenters. The summed E-state index contributed by atoms with van der Waals surface area (Å²) in [5, 5.41) is 13.1. The van der Waals surface area contributed by atoms with E-state index in [4.69, 9.17) is 9.47 Å². The van der Waals surface area contributed by atoms with Gasteiger partial charge in [0.15, 0.2) is 18.1 Å². The second-order valence-electron chi connectivity index (χ2n) is 9.14. The third-order valence-electron chi connectivity index (χ3n) is 5.60. The van der Waals surface area contributed by atoms with Gasteiger partial charge in [0.2, 0.25) is 5.91 Å². The van der Waals surface area contributed by atoms with Gasteiger partial charge >= 0.3 is 5.97 Å². The Balaban J connectivity index is 2.28. The molecule has 1 fully saturated rings. The highest BCUT2D eigenvalue weighted by Crippen LogP contribution is 2.27. The van der Waals surface area contributed by atoms with Crippen LogP contribution in [-0.2, 0) is 23.9 Å². The predicted molar refractivity (Wildman–Crippen MR) is 140 cm³/mol. The van der Waals surface area contributed by atoms with Crippen LogP contribution in [0.3, 0.4) is 0 Å². The van der Waals surface area contributed by atoms with Gasteiger partial charge in [0, 0.05) is 25.0 Å². The van der Waals surface area contributed by atoms with Crippen LogP contribution in [0.4, 0.5) is 0 Å². The molecule has 0 aromatic rings. The SMILES string of the molecule is C=C1C[C@@H]2C/C=C/C(=O)C/C(C)=C\C=C\C(=O)O[C@H]([C@H](O)NC(=O)/C=C/C=C\C)C/C(C)=C/[C@H](C1)O2. The number of hydrogen-bond acceptors (Lipinski definition) is 6. The number of ether oxygens (including phenoxy) is 2. The summed E-state index contributed by atoms with van der Waals surface area (Å²) >= 11 is 0. The van der Waals surface area contributed by atoms with Crippen molar-refractivity contribution in [3.63, 3.8) is 0 Å². The lowest BCUT2D eigenvalue weighted by atomic mass is 9.95. The van der Waals surface area contributed by atoms with Gasteiger partial charge in [-0.1, -0.05) is 65.8 Å². The largest absolute Gasteiger partial charge is 0.454 e. The second kappa shape index (κ2) is 15.0. The van der Waals surface area contributed by atoms with Crippen LogP contribution in [0.1, 0.15) is 52.9 Å². The first kappa shape index (κ1) is 28.9. The number of cyclic esters (lactones) is 1. The summed E-state index contributed by atoms with van der Waals surface area (Å²) in [4.78, 5) is 36.8. The van der Waals surface area contributed by atoms with Crippen LogP contribution in [0.2, 0.25) is 0 Å². The Morgan fingerprint density at radius 2 is 1.94 bits per heavy atom. The molecule has 0 aromatic heterocycles. The number of aliphatic hydroxyl groups excluding tert-OH is 1. The van der Waals surface area contributed by atoms with Crippen LogP contribution in [-0.4, -0.2) is 47.3 Å². The molecule has 0 spiro atoms. The van der Waals surface area contributed by atoms with E-state index >= 15 is 0 Å². The molecule has 0 aliphatic carbocycles. The molecule has 2 rings (SSSR count). The van der Waals surface area contributed by atoms with E-state index in [0.29, 0.717) is 12.8 Å². The van der Waals surface area contributed by atoms with Gasteiger partial charge in [-0.2, -0.15) is 0 Å². The fourth-order valence-corrected chi connectivity index (χ4v) is 3.96. The normalized spacial score (nSPS) is 30.3. The summed E-state index contributed by atoms with van der Waals surface area (Å²) in [6, 6.07) is 0. The highest BCUT2D eigenvalue weighted by Gasteiger charge is 2.26. The lowest BCUT2D eigenvalue weighted by Gasteiger charge is -2.30. The summed E-state index contributed by atoms with van der Waals surface area (Å²) in [5.74, 6) is -1.23. The van der Waals surface area contributed by atoms with Crippen molar-refractivity contribution >= 4 is 17.7 Å². The molecule has 7 heteroatoms. The number of aliphatic hydroxyl groups is 1. The molecule has 1 saturated heterocycles. The van der Waals surface area contributed by atoms with E-state index in [1.165, 1.54) is 18.2 Å². The predicted octanol–water partition coefficient (Wildman–Crippen LogP) is 4.33. The quantitative estimate of drug-likeness (QED) is 0.198. The van der Waals surface area contributed by atoms with Crippen LogP contribution in [0.15, 0.2) is 84.1 Å². The zero-order chi connectivity index (χ0) is 26.5. The molecule has 7 nitrogen and oxygen atoms in total. The molecule has 2 aliphatic rings. The number of hydrogen-bond donors (Lipinski definition) is 2. The Hall–Kier alpha value is -3.29. The average molecular weight is 496 g/mol. The topological polar surface area (TPSA) is 102 Å². The highest BCUT2D eigenvalue weighted by atomic mass is 16.6. The van der Waals surface area contributed by atoms with E-state index in [0.717, 1.165) is 23.1 Å². The Kier molecular flexibility index (Phi) is 12.0. The number of allylic oxidation sites excluding steroid dienone is 7. The Morgan fingerprint density at radius 3 is 2.69 bits per heavy atom. The zero-order valence-corrected chi connectivity index (χ0v) is 21.3. The summed E-state index contributed by atoms with van der Waals surface area (Å²) in [6.45, 7) is 9.61. The van der Waals surface area contributed by atoms with E-state index in [2.05, 4.69) is 11.9 Å². The molecule has 2 bridgehead atoms. The summed E-state index contributed by atoms with van der Waals surface area (Å²) in [7, 11) is 0. The zero-order valence-electron chi connectivity index (χ0n) is 21.3. The highest BCUT2D eigenvalue weighted by molar-refractivity contribution is 5.91. The first-order valence-electron chi connectivity index (χ1n) is 12.2. The van der Waals surface area contributed by atoms with Gasteiger partial charge in [-0.3, -0.25) is 9.59 Å². The number of ketones is 1. The van der Waals surface area contributed by atoms with Gasteiger partial charge in [0.1, 0.15) is 0 Å². The summed E-state index contributed by atoms with van der Waals surface area (Å²) in [6.07, 6.45) is 15.6. The third-order valence-corrected chi connectivity index (χ3v) is 5.60. The fraction of sp³-hybridized carbons (Fsp3) is 0.414. The van der Waals surface area contributed by atoms with Crippen molar-refractivity contribution in [2.45, 2.75) is 77.4 Å². The molecule has 2 N–H and O–H groups in total.